The van der Waals surface area contributed by atoms with Gasteiger partial charge in [0.25, 0.3) is 0 Å². The van der Waals surface area contributed by atoms with Crippen molar-refractivity contribution in [3.8, 4) is 0 Å². The van der Waals surface area contributed by atoms with Crippen LogP contribution in [0.3, 0.4) is 0 Å². The molecule has 5 heteroatoms. The maximum atomic E-state index is 6.64. The van der Waals surface area contributed by atoms with Gasteiger partial charge in [0.05, 0.1) is 42.4 Å². The Hall–Kier alpha value is -4.48. The Morgan fingerprint density at radius 1 is 0.592 bits per heavy atom. The third kappa shape index (κ3) is 6.78. The van der Waals surface area contributed by atoms with Crippen molar-refractivity contribution in [2.24, 2.45) is 53.3 Å². The van der Waals surface area contributed by atoms with Gasteiger partial charge in [0.15, 0.2) is 0 Å². The Labute approximate surface area is 424 Å². The van der Waals surface area contributed by atoms with Crippen molar-refractivity contribution in [3.63, 3.8) is 0 Å². The number of nitrogens with zero attached hydrogens (tertiary/aromatic N) is 3. The van der Waals surface area contributed by atoms with Gasteiger partial charge < -0.3 is 24.2 Å². The predicted octanol–water partition coefficient (Wildman–Crippen LogP) is 14.1. The van der Waals surface area contributed by atoms with E-state index in [1.165, 1.54) is 127 Å². The smallest absolute Gasteiger partial charge is 0.109 e. The molecule has 368 valence electrons. The van der Waals surface area contributed by atoms with Gasteiger partial charge in [-0.3, -0.25) is 0 Å². The van der Waals surface area contributed by atoms with Crippen LogP contribution in [0.4, 0.5) is 0 Å². The molecule has 0 N–H and O–H groups in total. The van der Waals surface area contributed by atoms with Crippen molar-refractivity contribution in [1.82, 2.24) is 14.7 Å². The molecule has 0 aromatic rings. The van der Waals surface area contributed by atoms with Crippen LogP contribution < -0.4 is 0 Å². The van der Waals surface area contributed by atoms with Crippen molar-refractivity contribution in [2.75, 3.05) is 0 Å². The fourth-order valence-electron chi connectivity index (χ4n) is 18.8. The molecule has 11 aliphatic carbocycles. The number of fused-ring (bicyclic) bond motifs is 13. The highest BCUT2D eigenvalue weighted by atomic mass is 16.5. The van der Waals surface area contributed by atoms with Crippen molar-refractivity contribution in [1.29, 1.82) is 0 Å². The fourth-order valence-corrected chi connectivity index (χ4v) is 18.8. The Kier molecular flexibility index (Phi) is 10.3. The summed E-state index contributed by atoms with van der Waals surface area (Å²) in [6.07, 6.45) is 73.2. The quantitative estimate of drug-likeness (QED) is 0.256. The molecule has 5 heterocycles. The molecule has 17 atom stereocenters. The lowest BCUT2D eigenvalue weighted by Crippen LogP contribution is -2.39. The lowest BCUT2D eigenvalue weighted by Gasteiger charge is -2.40. The molecule has 0 saturated carbocycles. The monoisotopic (exact) mass is 944 g/mol. The lowest BCUT2D eigenvalue weighted by molar-refractivity contribution is 0.0546. The minimum Gasteiger partial charge on any atom is -0.493 e. The van der Waals surface area contributed by atoms with E-state index in [0.29, 0.717) is 89.9 Å². The SMILES string of the molecule is C1=CCCC(N2C3C=C(C4CC=C5C(C4)C4=C(CCC=C4)N5C4C=C5C(CC4)OC4C=CCCC54)CCC3C3CC(C4C=C5C6CCC=CC6N(C6=CC7=C(CC6)OC6CCC=CC76)C5CC4)C=CC32)=C1. The Bertz CT molecular complexity index is 2710. The van der Waals surface area contributed by atoms with E-state index in [2.05, 4.69) is 124 Å². The lowest BCUT2D eigenvalue weighted by atomic mass is 9.67. The number of hydrogen-bond acceptors (Lipinski definition) is 5. The minimum atomic E-state index is 0.310. The molecule has 16 aliphatic rings. The second-order valence-electron chi connectivity index (χ2n) is 25.1. The van der Waals surface area contributed by atoms with Crippen molar-refractivity contribution < 1.29 is 9.47 Å². The molecule has 5 aliphatic heterocycles. The van der Waals surface area contributed by atoms with Crippen molar-refractivity contribution in [2.45, 2.75) is 183 Å². The van der Waals surface area contributed by atoms with Gasteiger partial charge in [0.1, 0.15) is 11.9 Å². The van der Waals surface area contributed by atoms with E-state index in [0.717, 1.165) is 31.1 Å². The van der Waals surface area contributed by atoms with Gasteiger partial charge in [0.2, 0.25) is 0 Å². The zero-order valence-corrected chi connectivity index (χ0v) is 42.2. The molecule has 0 bridgehead atoms. The number of hydrogen-bond donors (Lipinski definition) is 0. The van der Waals surface area contributed by atoms with E-state index >= 15 is 0 Å². The molecule has 71 heavy (non-hydrogen) atoms. The average Bonchev–Trinajstić information content (AvgIpc) is 4.24. The van der Waals surface area contributed by atoms with E-state index in [4.69, 9.17) is 9.47 Å². The van der Waals surface area contributed by atoms with Crippen LogP contribution in [0, 0.1) is 53.3 Å². The Balaban J connectivity index is 0.663. The second kappa shape index (κ2) is 17.0. The first-order valence-corrected chi connectivity index (χ1v) is 29.6. The summed E-state index contributed by atoms with van der Waals surface area (Å²) in [4.78, 5) is 8.82. The summed E-state index contributed by atoms with van der Waals surface area (Å²) < 4.78 is 13.2. The summed E-state index contributed by atoms with van der Waals surface area (Å²) in [5, 5.41) is 0. The maximum Gasteiger partial charge on any atom is 0.109 e. The number of rotatable bonds is 5. The first-order valence-electron chi connectivity index (χ1n) is 29.6. The predicted molar refractivity (Wildman–Crippen MR) is 284 cm³/mol. The molecule has 0 spiro atoms. The summed E-state index contributed by atoms with van der Waals surface area (Å²) in [7, 11) is 0. The minimum absolute atomic E-state index is 0.310. The van der Waals surface area contributed by atoms with Gasteiger partial charge in [-0.25, -0.2) is 0 Å². The van der Waals surface area contributed by atoms with E-state index in [9.17, 15) is 0 Å². The second-order valence-corrected chi connectivity index (χ2v) is 25.1. The first-order chi connectivity index (χ1) is 35.2. The van der Waals surface area contributed by atoms with E-state index in [1.807, 2.05) is 5.57 Å². The summed E-state index contributed by atoms with van der Waals surface area (Å²) in [5.74, 6) is 7.02. The van der Waals surface area contributed by atoms with Crippen LogP contribution in [0.25, 0.3) is 0 Å². The van der Waals surface area contributed by atoms with Crippen LogP contribution in [-0.2, 0) is 9.47 Å². The number of allylic oxidation sites excluding steroid dienone is 18. The van der Waals surface area contributed by atoms with Crippen LogP contribution in [0.2, 0.25) is 0 Å². The van der Waals surface area contributed by atoms with Gasteiger partial charge in [-0.05, 0) is 187 Å². The average molecular weight is 944 g/mol. The highest BCUT2D eigenvalue weighted by Crippen LogP contribution is 2.58. The molecule has 3 fully saturated rings. The van der Waals surface area contributed by atoms with Crippen LogP contribution in [0.5, 0.6) is 0 Å². The molecule has 0 aromatic carbocycles. The Morgan fingerprint density at radius 2 is 1.51 bits per heavy atom. The molecule has 5 nitrogen and oxygen atoms in total. The highest BCUT2D eigenvalue weighted by Gasteiger charge is 2.54. The van der Waals surface area contributed by atoms with Crippen LogP contribution in [0.1, 0.15) is 135 Å². The fraction of sp³-hybridized carbons (Fsp3) is 0.576. The first kappa shape index (κ1) is 43.0. The third-order valence-corrected chi connectivity index (χ3v) is 21.9. The molecular formula is C66H77N3O2. The van der Waals surface area contributed by atoms with Crippen LogP contribution in [0.15, 0.2) is 166 Å². The molecule has 0 radical (unpaired) electrons. The molecule has 17 unspecified atom stereocenters. The van der Waals surface area contributed by atoms with Gasteiger partial charge in [0, 0.05) is 58.5 Å². The zero-order chi connectivity index (χ0) is 46.3. The topological polar surface area (TPSA) is 28.2 Å². The van der Waals surface area contributed by atoms with Gasteiger partial charge in [-0.1, -0.05) is 103 Å². The van der Waals surface area contributed by atoms with E-state index < -0.39 is 0 Å². The largest absolute Gasteiger partial charge is 0.493 e. The zero-order valence-electron chi connectivity index (χ0n) is 42.2. The molecule has 3 saturated heterocycles. The highest BCUT2D eigenvalue weighted by molar-refractivity contribution is 5.48. The summed E-state index contributed by atoms with van der Waals surface area (Å²) in [6, 6.07) is 2.62. The van der Waals surface area contributed by atoms with Crippen molar-refractivity contribution >= 4 is 0 Å². The number of likely N-dealkylation sites (tertiary alicyclic amines) is 2. The number of ether oxygens (including phenoxy) is 2. The molecule has 0 aromatic heterocycles. The normalized spacial score (nSPS) is 44.2. The van der Waals surface area contributed by atoms with Crippen molar-refractivity contribution in [3.05, 3.63) is 166 Å². The molecule has 0 amide bonds. The third-order valence-electron chi connectivity index (χ3n) is 21.9. The van der Waals surface area contributed by atoms with E-state index in [-0.39, 0.29) is 0 Å². The molecule has 16 rings (SSSR count). The summed E-state index contributed by atoms with van der Waals surface area (Å²) in [6.45, 7) is 0. The standard InChI is InChI=1S/C66H77N3O2/c1-2-12-44(13-3-1)67-59-29-23-41(40-24-30-60-52(34-40)47-14-4-8-18-57(47)68(60)45-26-32-65-55(38-45)50-16-6-10-20-63(50)70-65)35-54(59)49-28-22-43(37-62(49)67)42-25-31-61-53(36-42)48-15-5-9-19-58(48)69(61)46-27-33-66-56(39-46)51-17-7-11-21-64(51)71-66/h1-2,5-6,8,11-12,15-16,18,21,23,29,31,34,37-42,46-47,49-51,53-54,57,59-60,62-64,66H,3-4,7,9-10,13-14,17,19-20,22,24-28,30,32-33,35-36H2. The van der Waals surface area contributed by atoms with Gasteiger partial charge in [-0.15, -0.1) is 0 Å². The van der Waals surface area contributed by atoms with Gasteiger partial charge in [-0.2, -0.15) is 0 Å². The van der Waals surface area contributed by atoms with Crippen LogP contribution >= 0.6 is 0 Å². The van der Waals surface area contributed by atoms with Gasteiger partial charge >= 0.3 is 0 Å². The summed E-state index contributed by atoms with van der Waals surface area (Å²) >= 11 is 0. The van der Waals surface area contributed by atoms with E-state index in [1.54, 1.807) is 39.5 Å². The summed E-state index contributed by atoms with van der Waals surface area (Å²) in [5.41, 5.74) is 14.9. The maximum absolute atomic E-state index is 6.64. The van der Waals surface area contributed by atoms with Crippen LogP contribution in [-0.4, -0.2) is 63.2 Å². The Morgan fingerprint density at radius 3 is 2.46 bits per heavy atom. The molecular weight excluding hydrogens is 867 g/mol.